The van der Waals surface area contributed by atoms with Crippen LogP contribution in [0.15, 0.2) is 42.5 Å². The van der Waals surface area contributed by atoms with Crippen LogP contribution in [0.3, 0.4) is 0 Å². The van der Waals surface area contributed by atoms with E-state index in [1.807, 2.05) is 0 Å². The van der Waals surface area contributed by atoms with E-state index in [0.717, 1.165) is 19.5 Å². The van der Waals surface area contributed by atoms with Gasteiger partial charge < -0.3 is 10.6 Å². The van der Waals surface area contributed by atoms with Crippen molar-refractivity contribution in [2.75, 3.05) is 25.0 Å². The number of nitrogens with zero attached hydrogens (tertiary/aromatic N) is 1. The minimum atomic E-state index is -0.317. The lowest BCUT2D eigenvalue weighted by Gasteiger charge is -2.22. The Labute approximate surface area is 175 Å². The van der Waals surface area contributed by atoms with Crippen LogP contribution < -0.4 is 10.6 Å². The third-order valence-electron chi connectivity index (χ3n) is 4.93. The molecule has 0 spiro atoms. The van der Waals surface area contributed by atoms with Crippen molar-refractivity contribution in [2.24, 2.45) is 0 Å². The predicted octanol–water partition coefficient (Wildman–Crippen LogP) is 4.46. The van der Waals surface area contributed by atoms with Gasteiger partial charge in [0.05, 0.1) is 0 Å². The zero-order valence-corrected chi connectivity index (χ0v) is 17.2. The molecular formula is C21H23Cl2N3O2. The maximum Gasteiger partial charge on any atom is 0.255 e. The number of carbonyl (C=O) groups excluding carboxylic acids is 2. The number of nitrogens with one attached hydrogen (secondary N) is 2. The number of halogens is 2. The molecule has 1 aliphatic heterocycles. The van der Waals surface area contributed by atoms with Gasteiger partial charge in [0, 0.05) is 39.4 Å². The second-order valence-corrected chi connectivity index (χ2v) is 7.70. The Kier molecular flexibility index (Phi) is 6.94. The van der Waals surface area contributed by atoms with Crippen LogP contribution in [0, 0.1) is 0 Å². The summed E-state index contributed by atoms with van der Waals surface area (Å²) in [5.74, 6) is -0.426. The van der Waals surface area contributed by atoms with E-state index in [9.17, 15) is 9.59 Å². The van der Waals surface area contributed by atoms with Crippen molar-refractivity contribution in [3.63, 3.8) is 0 Å². The summed E-state index contributed by atoms with van der Waals surface area (Å²) in [5, 5.41) is 6.57. The van der Waals surface area contributed by atoms with E-state index in [-0.39, 0.29) is 11.8 Å². The van der Waals surface area contributed by atoms with Gasteiger partial charge >= 0.3 is 0 Å². The summed E-state index contributed by atoms with van der Waals surface area (Å²) in [6.07, 6.45) is 2.30. The van der Waals surface area contributed by atoms with Crippen LogP contribution in [0.2, 0.25) is 10.0 Å². The fraction of sp³-hybridized carbons (Fsp3) is 0.333. The Morgan fingerprint density at radius 3 is 2.36 bits per heavy atom. The summed E-state index contributed by atoms with van der Waals surface area (Å²) in [6.45, 7) is 4.90. The topological polar surface area (TPSA) is 61.4 Å². The number of likely N-dealkylation sites (N-methyl/N-ethyl adjacent to an activating group) is 1. The van der Waals surface area contributed by atoms with E-state index in [1.54, 1.807) is 42.5 Å². The summed E-state index contributed by atoms with van der Waals surface area (Å²) >= 11 is 11.9. The van der Waals surface area contributed by atoms with E-state index in [4.69, 9.17) is 23.2 Å². The number of carbonyl (C=O) groups is 2. The van der Waals surface area contributed by atoms with E-state index in [1.165, 1.54) is 6.42 Å². The standard InChI is InChI=1S/C21H23Cl2N3O2/c1-2-26-9-3-4-19(26)13-24-20(27)14-5-7-18(8-6-14)25-21(28)15-10-16(22)12-17(23)11-15/h5-8,10-12,19H,2-4,9,13H2,1H3,(H,24,27)(H,25,28). The lowest BCUT2D eigenvalue weighted by Crippen LogP contribution is -2.40. The molecular weight excluding hydrogens is 397 g/mol. The second kappa shape index (κ2) is 9.41. The molecule has 7 heteroatoms. The van der Waals surface area contributed by atoms with Gasteiger partial charge in [-0.1, -0.05) is 30.1 Å². The smallest absolute Gasteiger partial charge is 0.255 e. The van der Waals surface area contributed by atoms with Crippen LogP contribution in [0.25, 0.3) is 0 Å². The van der Waals surface area contributed by atoms with Gasteiger partial charge in [0.15, 0.2) is 0 Å². The number of amides is 2. The molecule has 148 valence electrons. The highest BCUT2D eigenvalue weighted by atomic mass is 35.5. The lowest BCUT2D eigenvalue weighted by molar-refractivity contribution is 0.0941. The number of likely N-dealkylation sites (tertiary alicyclic amines) is 1. The average molecular weight is 420 g/mol. The zero-order chi connectivity index (χ0) is 20.1. The summed E-state index contributed by atoms with van der Waals surface area (Å²) < 4.78 is 0. The van der Waals surface area contributed by atoms with Crippen LogP contribution in [-0.2, 0) is 0 Å². The maximum absolute atomic E-state index is 12.4. The van der Waals surface area contributed by atoms with E-state index in [0.29, 0.717) is 39.4 Å². The van der Waals surface area contributed by atoms with Gasteiger partial charge in [-0.05, 0) is 68.4 Å². The number of rotatable bonds is 6. The Bertz CT molecular complexity index is 835. The fourth-order valence-electron chi connectivity index (χ4n) is 3.45. The minimum Gasteiger partial charge on any atom is -0.350 e. The number of hydrogen-bond donors (Lipinski definition) is 2. The molecule has 28 heavy (non-hydrogen) atoms. The van der Waals surface area contributed by atoms with Crippen molar-refractivity contribution in [2.45, 2.75) is 25.8 Å². The highest BCUT2D eigenvalue weighted by Gasteiger charge is 2.23. The largest absolute Gasteiger partial charge is 0.350 e. The van der Waals surface area contributed by atoms with Gasteiger partial charge in [-0.3, -0.25) is 14.5 Å². The summed E-state index contributed by atoms with van der Waals surface area (Å²) in [4.78, 5) is 27.1. The first kappa shape index (κ1) is 20.6. The molecule has 2 aromatic carbocycles. The normalized spacial score (nSPS) is 16.8. The molecule has 1 fully saturated rings. The lowest BCUT2D eigenvalue weighted by atomic mass is 10.1. The highest BCUT2D eigenvalue weighted by Crippen LogP contribution is 2.20. The van der Waals surface area contributed by atoms with E-state index in [2.05, 4.69) is 22.5 Å². The van der Waals surface area contributed by atoms with Gasteiger partial charge in [-0.2, -0.15) is 0 Å². The van der Waals surface area contributed by atoms with E-state index < -0.39 is 0 Å². The van der Waals surface area contributed by atoms with Gasteiger partial charge in [0.2, 0.25) is 0 Å². The van der Waals surface area contributed by atoms with Crippen molar-refractivity contribution in [3.05, 3.63) is 63.6 Å². The predicted molar refractivity (Wildman–Crippen MR) is 113 cm³/mol. The third kappa shape index (κ3) is 5.25. The number of benzene rings is 2. The SMILES string of the molecule is CCN1CCCC1CNC(=O)c1ccc(NC(=O)c2cc(Cl)cc(Cl)c2)cc1. The average Bonchev–Trinajstić information content (AvgIpc) is 3.13. The Morgan fingerprint density at radius 1 is 1.04 bits per heavy atom. The molecule has 0 saturated carbocycles. The van der Waals surface area contributed by atoms with Crippen LogP contribution in [-0.4, -0.2) is 42.4 Å². The zero-order valence-electron chi connectivity index (χ0n) is 15.7. The van der Waals surface area contributed by atoms with Crippen LogP contribution in [0.5, 0.6) is 0 Å². The summed E-state index contributed by atoms with van der Waals surface area (Å²) in [5.41, 5.74) is 1.52. The Hall–Kier alpha value is -2.08. The first-order valence-corrected chi connectivity index (χ1v) is 10.1. The first-order valence-electron chi connectivity index (χ1n) is 9.36. The molecule has 2 N–H and O–H groups in total. The molecule has 1 unspecified atom stereocenters. The molecule has 1 atom stereocenters. The van der Waals surface area contributed by atoms with Gasteiger partial charge in [0.25, 0.3) is 11.8 Å². The number of hydrogen-bond acceptors (Lipinski definition) is 3. The van der Waals surface area contributed by atoms with Gasteiger partial charge in [-0.25, -0.2) is 0 Å². The van der Waals surface area contributed by atoms with E-state index >= 15 is 0 Å². The first-order chi connectivity index (χ1) is 13.5. The molecule has 1 aliphatic rings. The molecule has 0 bridgehead atoms. The molecule has 2 amide bonds. The van der Waals surface area contributed by atoms with Crippen molar-refractivity contribution in [3.8, 4) is 0 Å². The molecule has 0 aromatic heterocycles. The molecule has 3 rings (SSSR count). The molecule has 2 aromatic rings. The highest BCUT2D eigenvalue weighted by molar-refractivity contribution is 6.35. The maximum atomic E-state index is 12.4. The molecule has 5 nitrogen and oxygen atoms in total. The quantitative estimate of drug-likeness (QED) is 0.726. The van der Waals surface area contributed by atoms with Crippen LogP contribution in [0.4, 0.5) is 5.69 Å². The van der Waals surface area contributed by atoms with Gasteiger partial charge in [0.1, 0.15) is 0 Å². The molecule has 0 aliphatic carbocycles. The van der Waals surface area contributed by atoms with Crippen molar-refractivity contribution < 1.29 is 9.59 Å². The summed E-state index contributed by atoms with van der Waals surface area (Å²) in [6, 6.07) is 11.9. The second-order valence-electron chi connectivity index (χ2n) is 6.82. The third-order valence-corrected chi connectivity index (χ3v) is 5.37. The van der Waals surface area contributed by atoms with Gasteiger partial charge in [-0.15, -0.1) is 0 Å². The number of anilines is 1. The Morgan fingerprint density at radius 2 is 1.71 bits per heavy atom. The van der Waals surface area contributed by atoms with Crippen molar-refractivity contribution in [1.82, 2.24) is 10.2 Å². The summed E-state index contributed by atoms with van der Waals surface area (Å²) in [7, 11) is 0. The monoisotopic (exact) mass is 419 g/mol. The Balaban J connectivity index is 1.56. The molecule has 1 saturated heterocycles. The fourth-order valence-corrected chi connectivity index (χ4v) is 3.97. The minimum absolute atomic E-state index is 0.109. The van der Waals surface area contributed by atoms with Crippen LogP contribution >= 0.6 is 23.2 Å². The van der Waals surface area contributed by atoms with Crippen molar-refractivity contribution >= 4 is 40.7 Å². The van der Waals surface area contributed by atoms with Crippen molar-refractivity contribution in [1.29, 1.82) is 0 Å². The molecule has 1 heterocycles. The van der Waals surface area contributed by atoms with Crippen LogP contribution in [0.1, 0.15) is 40.5 Å². The molecule has 0 radical (unpaired) electrons.